The fourth-order valence-electron chi connectivity index (χ4n) is 1.69. The van der Waals surface area contributed by atoms with Gasteiger partial charge in [0.05, 0.1) is 5.56 Å². The lowest BCUT2D eigenvalue weighted by Crippen LogP contribution is -2.29. The highest BCUT2D eigenvalue weighted by Gasteiger charge is 2.04. The second-order valence-electron chi connectivity index (χ2n) is 3.97. The number of hydrogen-bond donors (Lipinski definition) is 1. The SMILES string of the molecule is CCN(CCCO)CCOc1ccccc1C#N. The highest BCUT2D eigenvalue weighted by Crippen LogP contribution is 2.16. The van der Waals surface area contributed by atoms with Crippen LogP contribution in [0.15, 0.2) is 24.3 Å². The summed E-state index contributed by atoms with van der Waals surface area (Å²) in [5.41, 5.74) is 0.566. The number of benzene rings is 1. The molecule has 0 aliphatic heterocycles. The topological polar surface area (TPSA) is 56.5 Å². The minimum Gasteiger partial charge on any atom is -0.491 e. The van der Waals surface area contributed by atoms with Gasteiger partial charge in [-0.2, -0.15) is 5.26 Å². The predicted molar refractivity (Wildman–Crippen MR) is 70.5 cm³/mol. The van der Waals surface area contributed by atoms with E-state index in [1.54, 1.807) is 6.07 Å². The summed E-state index contributed by atoms with van der Waals surface area (Å²) in [6, 6.07) is 9.35. The van der Waals surface area contributed by atoms with E-state index in [4.69, 9.17) is 15.1 Å². The van der Waals surface area contributed by atoms with Crippen LogP contribution in [0.25, 0.3) is 0 Å². The lowest BCUT2D eigenvalue weighted by molar-refractivity contribution is 0.194. The monoisotopic (exact) mass is 248 g/mol. The Morgan fingerprint density at radius 1 is 1.33 bits per heavy atom. The third-order valence-electron chi connectivity index (χ3n) is 2.75. The molecule has 0 unspecified atom stereocenters. The number of nitriles is 1. The van der Waals surface area contributed by atoms with Crippen LogP contribution in [0.1, 0.15) is 18.9 Å². The average Bonchev–Trinajstić information content (AvgIpc) is 2.43. The van der Waals surface area contributed by atoms with Crippen LogP contribution in [0.5, 0.6) is 5.75 Å². The minimum absolute atomic E-state index is 0.217. The van der Waals surface area contributed by atoms with Gasteiger partial charge >= 0.3 is 0 Å². The summed E-state index contributed by atoms with van der Waals surface area (Å²) in [5, 5.41) is 17.7. The number of rotatable bonds is 8. The maximum Gasteiger partial charge on any atom is 0.137 e. The molecule has 0 aliphatic carbocycles. The van der Waals surface area contributed by atoms with Gasteiger partial charge in [0, 0.05) is 19.7 Å². The van der Waals surface area contributed by atoms with Gasteiger partial charge < -0.3 is 14.7 Å². The molecule has 0 fully saturated rings. The largest absolute Gasteiger partial charge is 0.491 e. The lowest BCUT2D eigenvalue weighted by Gasteiger charge is -2.20. The van der Waals surface area contributed by atoms with Crippen molar-refractivity contribution in [3.05, 3.63) is 29.8 Å². The third-order valence-corrected chi connectivity index (χ3v) is 2.75. The second-order valence-corrected chi connectivity index (χ2v) is 3.97. The molecular formula is C14H20N2O2. The number of hydrogen-bond acceptors (Lipinski definition) is 4. The highest BCUT2D eigenvalue weighted by molar-refractivity contribution is 5.42. The summed E-state index contributed by atoms with van der Waals surface area (Å²) in [6.45, 7) is 5.46. The van der Waals surface area contributed by atoms with E-state index in [2.05, 4.69) is 17.9 Å². The maximum atomic E-state index is 8.92. The summed E-state index contributed by atoms with van der Waals surface area (Å²) in [5.74, 6) is 0.637. The lowest BCUT2D eigenvalue weighted by atomic mass is 10.2. The van der Waals surface area contributed by atoms with Gasteiger partial charge in [0.1, 0.15) is 18.4 Å². The highest BCUT2D eigenvalue weighted by atomic mass is 16.5. The van der Waals surface area contributed by atoms with Crippen molar-refractivity contribution >= 4 is 0 Å². The first-order valence-corrected chi connectivity index (χ1v) is 6.27. The first-order chi connectivity index (χ1) is 8.81. The van der Waals surface area contributed by atoms with E-state index in [9.17, 15) is 0 Å². The first-order valence-electron chi connectivity index (χ1n) is 6.27. The predicted octanol–water partition coefficient (Wildman–Crippen LogP) is 1.64. The maximum absolute atomic E-state index is 8.92. The van der Waals surface area contributed by atoms with Crippen LogP contribution in [0, 0.1) is 11.3 Å². The van der Waals surface area contributed by atoms with E-state index in [1.807, 2.05) is 18.2 Å². The molecule has 0 radical (unpaired) electrons. The Bertz CT molecular complexity index is 388. The molecular weight excluding hydrogens is 228 g/mol. The molecule has 0 aliphatic rings. The van der Waals surface area contributed by atoms with Crippen molar-refractivity contribution in [2.75, 3.05) is 32.8 Å². The van der Waals surface area contributed by atoms with Gasteiger partial charge in [-0.05, 0) is 25.1 Å². The standard InChI is InChI=1S/C14H20N2O2/c1-2-16(8-5-10-17)9-11-18-14-7-4-3-6-13(14)12-15/h3-4,6-7,17H,2,5,8-11H2,1H3. The number of nitrogens with zero attached hydrogens (tertiary/aromatic N) is 2. The minimum atomic E-state index is 0.217. The molecule has 0 amide bonds. The molecule has 1 aromatic carbocycles. The molecule has 0 bridgehead atoms. The van der Waals surface area contributed by atoms with Crippen LogP contribution in [-0.2, 0) is 0 Å². The first kappa shape index (κ1) is 14.5. The third kappa shape index (κ3) is 4.74. The number of ether oxygens (including phenoxy) is 1. The molecule has 1 rings (SSSR count). The van der Waals surface area contributed by atoms with Crippen LogP contribution in [0.4, 0.5) is 0 Å². The zero-order valence-corrected chi connectivity index (χ0v) is 10.8. The van der Waals surface area contributed by atoms with Gasteiger partial charge in [-0.1, -0.05) is 19.1 Å². The van der Waals surface area contributed by atoms with Crippen molar-refractivity contribution in [2.24, 2.45) is 0 Å². The van der Waals surface area contributed by atoms with E-state index in [-0.39, 0.29) is 6.61 Å². The Balaban J connectivity index is 2.38. The quantitative estimate of drug-likeness (QED) is 0.760. The van der Waals surface area contributed by atoms with E-state index < -0.39 is 0 Å². The van der Waals surface area contributed by atoms with Gasteiger partial charge in [-0.3, -0.25) is 0 Å². The Kier molecular flexibility index (Phi) is 6.85. The fraction of sp³-hybridized carbons (Fsp3) is 0.500. The molecule has 0 aromatic heterocycles. The number of aliphatic hydroxyl groups is 1. The van der Waals surface area contributed by atoms with E-state index in [0.717, 1.165) is 26.1 Å². The van der Waals surface area contributed by atoms with E-state index in [0.29, 0.717) is 17.9 Å². The molecule has 4 nitrogen and oxygen atoms in total. The van der Waals surface area contributed by atoms with Crippen molar-refractivity contribution in [3.8, 4) is 11.8 Å². The smallest absolute Gasteiger partial charge is 0.137 e. The molecule has 0 saturated heterocycles. The molecule has 1 N–H and O–H groups in total. The van der Waals surface area contributed by atoms with Crippen molar-refractivity contribution in [1.82, 2.24) is 4.90 Å². The Morgan fingerprint density at radius 2 is 2.11 bits per heavy atom. The molecule has 18 heavy (non-hydrogen) atoms. The van der Waals surface area contributed by atoms with Crippen LogP contribution >= 0.6 is 0 Å². The fourth-order valence-corrected chi connectivity index (χ4v) is 1.69. The molecule has 98 valence electrons. The van der Waals surface area contributed by atoms with Gasteiger partial charge in [-0.25, -0.2) is 0 Å². The zero-order chi connectivity index (χ0) is 13.2. The second kappa shape index (κ2) is 8.51. The van der Waals surface area contributed by atoms with Crippen LogP contribution < -0.4 is 4.74 Å². The molecule has 0 heterocycles. The summed E-state index contributed by atoms with van der Waals surface area (Å²) >= 11 is 0. The normalized spacial score (nSPS) is 10.3. The van der Waals surface area contributed by atoms with Crippen molar-refractivity contribution in [3.63, 3.8) is 0 Å². The summed E-state index contributed by atoms with van der Waals surface area (Å²) in [7, 11) is 0. The van der Waals surface area contributed by atoms with Crippen molar-refractivity contribution in [2.45, 2.75) is 13.3 Å². The Hall–Kier alpha value is -1.57. The van der Waals surface area contributed by atoms with Gasteiger partial charge in [0.2, 0.25) is 0 Å². The van der Waals surface area contributed by atoms with E-state index >= 15 is 0 Å². The van der Waals surface area contributed by atoms with Crippen molar-refractivity contribution < 1.29 is 9.84 Å². The van der Waals surface area contributed by atoms with Gasteiger partial charge in [-0.15, -0.1) is 0 Å². The van der Waals surface area contributed by atoms with Crippen LogP contribution in [0.2, 0.25) is 0 Å². The number of para-hydroxylation sites is 1. The Labute approximate surface area is 108 Å². The summed E-state index contributed by atoms with van der Waals surface area (Å²) in [6.07, 6.45) is 0.780. The van der Waals surface area contributed by atoms with Crippen LogP contribution in [-0.4, -0.2) is 42.9 Å². The van der Waals surface area contributed by atoms with Crippen LogP contribution in [0.3, 0.4) is 0 Å². The molecule has 4 heteroatoms. The number of likely N-dealkylation sites (N-methyl/N-ethyl adjacent to an activating group) is 1. The number of aliphatic hydroxyl groups excluding tert-OH is 1. The Morgan fingerprint density at radius 3 is 2.78 bits per heavy atom. The summed E-state index contributed by atoms with van der Waals surface area (Å²) in [4.78, 5) is 2.21. The molecule has 1 aromatic rings. The summed E-state index contributed by atoms with van der Waals surface area (Å²) < 4.78 is 5.61. The molecule has 0 atom stereocenters. The molecule has 0 spiro atoms. The zero-order valence-electron chi connectivity index (χ0n) is 10.8. The van der Waals surface area contributed by atoms with Gasteiger partial charge in [0.15, 0.2) is 0 Å². The van der Waals surface area contributed by atoms with Crippen molar-refractivity contribution in [1.29, 1.82) is 5.26 Å². The molecule has 0 saturated carbocycles. The van der Waals surface area contributed by atoms with Gasteiger partial charge in [0.25, 0.3) is 0 Å². The average molecular weight is 248 g/mol. The van der Waals surface area contributed by atoms with E-state index in [1.165, 1.54) is 0 Å².